The first-order valence-electron chi connectivity index (χ1n) is 8.43. The van der Waals surface area contributed by atoms with Crippen LogP contribution in [-0.2, 0) is 9.59 Å². The Morgan fingerprint density at radius 3 is 1.86 bits per heavy atom. The maximum atomic E-state index is 12.0. The summed E-state index contributed by atoms with van der Waals surface area (Å²) in [7, 11) is 0. The third kappa shape index (κ3) is 3.41. The van der Waals surface area contributed by atoms with Crippen LogP contribution in [0.4, 0.5) is 0 Å². The maximum absolute atomic E-state index is 12.0. The predicted octanol–water partition coefficient (Wildman–Crippen LogP) is 4.47. The van der Waals surface area contributed by atoms with Crippen molar-refractivity contribution in [1.82, 2.24) is 0 Å². The van der Waals surface area contributed by atoms with Gasteiger partial charge in [0.25, 0.3) is 0 Å². The van der Waals surface area contributed by atoms with E-state index in [9.17, 15) is 19.8 Å². The second kappa shape index (κ2) is 7.81. The van der Waals surface area contributed by atoms with E-state index in [1.807, 2.05) is 6.92 Å². The smallest absolute Gasteiger partial charge is 0.310 e. The number of carboxylic acid groups (broad SMARTS) is 2. The van der Waals surface area contributed by atoms with Crippen LogP contribution < -0.4 is 0 Å². The molecule has 2 atom stereocenters. The van der Waals surface area contributed by atoms with E-state index in [1.165, 1.54) is 0 Å². The average Bonchev–Trinajstić information content (AvgIpc) is 2.46. The van der Waals surface area contributed by atoms with Crippen molar-refractivity contribution in [1.29, 1.82) is 0 Å². The number of rotatable bonds is 9. The molecule has 1 rings (SSSR count). The van der Waals surface area contributed by atoms with Crippen LogP contribution in [0.1, 0.15) is 84.5 Å². The summed E-state index contributed by atoms with van der Waals surface area (Å²) in [5, 5.41) is 19.6. The SMILES string of the molecule is CCCCCCCC1(C(=O)O)CCCCC1(CC)C(=O)O. The molecule has 0 spiro atoms. The van der Waals surface area contributed by atoms with Crippen molar-refractivity contribution >= 4 is 11.9 Å². The van der Waals surface area contributed by atoms with Crippen LogP contribution >= 0.6 is 0 Å². The lowest BCUT2D eigenvalue weighted by molar-refractivity contribution is -0.181. The standard InChI is InChI=1S/C17H30O4/c1-3-5-6-7-8-12-17(15(20)21)13-10-9-11-16(17,4-2)14(18)19/h3-13H2,1-2H3,(H,18,19)(H,20,21). The van der Waals surface area contributed by atoms with E-state index in [2.05, 4.69) is 6.92 Å². The summed E-state index contributed by atoms with van der Waals surface area (Å²) < 4.78 is 0. The lowest BCUT2D eigenvalue weighted by Gasteiger charge is -2.48. The minimum atomic E-state index is -1.08. The van der Waals surface area contributed by atoms with Crippen LogP contribution in [0.5, 0.6) is 0 Å². The van der Waals surface area contributed by atoms with Crippen LogP contribution in [0.2, 0.25) is 0 Å². The Labute approximate surface area is 127 Å². The largest absolute Gasteiger partial charge is 0.481 e. The number of carboxylic acids is 2. The molecular weight excluding hydrogens is 268 g/mol. The normalized spacial score (nSPS) is 29.2. The molecule has 2 N–H and O–H groups in total. The fourth-order valence-corrected chi connectivity index (χ4v) is 4.12. The Bertz CT molecular complexity index is 366. The molecule has 0 bridgehead atoms. The number of hydrogen-bond acceptors (Lipinski definition) is 2. The molecule has 0 aliphatic heterocycles. The van der Waals surface area contributed by atoms with Gasteiger partial charge in [-0.15, -0.1) is 0 Å². The van der Waals surface area contributed by atoms with Gasteiger partial charge in [0.1, 0.15) is 0 Å². The van der Waals surface area contributed by atoms with Gasteiger partial charge in [-0.2, -0.15) is 0 Å². The van der Waals surface area contributed by atoms with Gasteiger partial charge >= 0.3 is 11.9 Å². The van der Waals surface area contributed by atoms with Crippen molar-refractivity contribution < 1.29 is 19.8 Å². The van der Waals surface area contributed by atoms with E-state index < -0.39 is 22.8 Å². The molecule has 0 heterocycles. The summed E-state index contributed by atoms with van der Waals surface area (Å²) in [4.78, 5) is 23.9. The van der Waals surface area contributed by atoms with Gasteiger partial charge in [0.2, 0.25) is 0 Å². The molecule has 0 aromatic heterocycles. The van der Waals surface area contributed by atoms with Crippen LogP contribution in [-0.4, -0.2) is 22.2 Å². The van der Waals surface area contributed by atoms with E-state index in [0.29, 0.717) is 25.7 Å². The molecule has 1 fully saturated rings. The minimum absolute atomic E-state index is 0.406. The summed E-state index contributed by atoms with van der Waals surface area (Å²) in [5.41, 5.74) is -2.15. The molecular formula is C17H30O4. The zero-order valence-corrected chi connectivity index (χ0v) is 13.5. The molecule has 4 heteroatoms. The van der Waals surface area contributed by atoms with Crippen LogP contribution in [0.25, 0.3) is 0 Å². The highest BCUT2D eigenvalue weighted by Crippen LogP contribution is 2.56. The fourth-order valence-electron chi connectivity index (χ4n) is 4.12. The van der Waals surface area contributed by atoms with Crippen molar-refractivity contribution in [3.8, 4) is 0 Å². The van der Waals surface area contributed by atoms with Crippen molar-refractivity contribution in [2.75, 3.05) is 0 Å². The molecule has 21 heavy (non-hydrogen) atoms. The third-order valence-electron chi connectivity index (χ3n) is 5.50. The first-order chi connectivity index (χ1) is 9.97. The predicted molar refractivity (Wildman–Crippen MR) is 82.3 cm³/mol. The highest BCUT2D eigenvalue weighted by molar-refractivity contribution is 5.87. The average molecular weight is 298 g/mol. The van der Waals surface area contributed by atoms with Gasteiger partial charge < -0.3 is 10.2 Å². The monoisotopic (exact) mass is 298 g/mol. The Morgan fingerprint density at radius 1 is 0.857 bits per heavy atom. The Balaban J connectivity index is 2.93. The molecule has 0 saturated heterocycles. The Morgan fingerprint density at radius 2 is 1.38 bits per heavy atom. The van der Waals surface area contributed by atoms with Crippen molar-refractivity contribution in [3.05, 3.63) is 0 Å². The van der Waals surface area contributed by atoms with Gasteiger partial charge in [0.15, 0.2) is 0 Å². The molecule has 0 aromatic rings. The summed E-state index contributed by atoms with van der Waals surface area (Å²) in [6.07, 6.45) is 8.82. The lowest BCUT2D eigenvalue weighted by Crippen LogP contribution is -2.54. The van der Waals surface area contributed by atoms with E-state index in [0.717, 1.165) is 44.9 Å². The molecule has 1 aliphatic carbocycles. The number of aliphatic carboxylic acids is 2. The van der Waals surface area contributed by atoms with Gasteiger partial charge in [-0.05, 0) is 25.7 Å². The van der Waals surface area contributed by atoms with Crippen molar-refractivity contribution in [3.63, 3.8) is 0 Å². The molecule has 0 aromatic carbocycles. The second-order valence-corrected chi connectivity index (χ2v) is 6.50. The highest BCUT2D eigenvalue weighted by Gasteiger charge is 2.60. The highest BCUT2D eigenvalue weighted by atomic mass is 16.4. The van der Waals surface area contributed by atoms with E-state index in [4.69, 9.17) is 0 Å². The van der Waals surface area contributed by atoms with Gasteiger partial charge in [-0.25, -0.2) is 0 Å². The van der Waals surface area contributed by atoms with Crippen molar-refractivity contribution in [2.24, 2.45) is 10.8 Å². The molecule has 122 valence electrons. The Kier molecular flexibility index (Phi) is 6.69. The molecule has 0 radical (unpaired) electrons. The van der Waals surface area contributed by atoms with Crippen molar-refractivity contribution in [2.45, 2.75) is 84.5 Å². The molecule has 1 aliphatic rings. The topological polar surface area (TPSA) is 74.6 Å². The summed E-state index contributed by atoms with van der Waals surface area (Å²) in [6, 6.07) is 0. The van der Waals surface area contributed by atoms with Gasteiger partial charge in [-0.3, -0.25) is 9.59 Å². The number of hydrogen-bond donors (Lipinski definition) is 2. The summed E-state index contributed by atoms with van der Waals surface area (Å²) in [6.45, 7) is 3.97. The zero-order chi connectivity index (χ0) is 15.9. The first-order valence-corrected chi connectivity index (χ1v) is 8.43. The van der Waals surface area contributed by atoms with Gasteiger partial charge in [0, 0.05) is 0 Å². The van der Waals surface area contributed by atoms with Crippen LogP contribution in [0.3, 0.4) is 0 Å². The summed E-state index contributed by atoms with van der Waals surface area (Å²) in [5.74, 6) is -1.82. The molecule has 1 saturated carbocycles. The fraction of sp³-hybridized carbons (Fsp3) is 0.882. The van der Waals surface area contributed by atoms with Crippen LogP contribution in [0, 0.1) is 10.8 Å². The maximum Gasteiger partial charge on any atom is 0.310 e. The zero-order valence-electron chi connectivity index (χ0n) is 13.5. The van der Waals surface area contributed by atoms with E-state index in [-0.39, 0.29) is 0 Å². The second-order valence-electron chi connectivity index (χ2n) is 6.50. The summed E-state index contributed by atoms with van der Waals surface area (Å²) >= 11 is 0. The first kappa shape index (κ1) is 18.0. The molecule has 0 amide bonds. The number of unbranched alkanes of at least 4 members (excludes halogenated alkanes) is 4. The number of carbonyl (C=O) groups is 2. The van der Waals surface area contributed by atoms with E-state index >= 15 is 0 Å². The molecule has 2 unspecified atom stereocenters. The van der Waals surface area contributed by atoms with E-state index in [1.54, 1.807) is 0 Å². The lowest BCUT2D eigenvalue weighted by atomic mass is 9.53. The van der Waals surface area contributed by atoms with Gasteiger partial charge in [-0.1, -0.05) is 58.8 Å². The third-order valence-corrected chi connectivity index (χ3v) is 5.50. The van der Waals surface area contributed by atoms with Crippen LogP contribution in [0.15, 0.2) is 0 Å². The quantitative estimate of drug-likeness (QED) is 0.616. The Hall–Kier alpha value is -1.06. The minimum Gasteiger partial charge on any atom is -0.481 e. The van der Waals surface area contributed by atoms with Gasteiger partial charge in [0.05, 0.1) is 10.8 Å². The molecule has 4 nitrogen and oxygen atoms in total.